The molecule has 2 aromatic carbocycles. The van der Waals surface area contributed by atoms with Crippen molar-refractivity contribution < 1.29 is 14.1 Å². The number of carbonyl (C=O) groups is 1. The van der Waals surface area contributed by atoms with E-state index in [0.29, 0.717) is 11.3 Å². The first-order chi connectivity index (χ1) is 9.97. The number of benzene rings is 2. The highest BCUT2D eigenvalue weighted by Crippen LogP contribution is 2.17. The number of nitro groups is 1. The molecule has 0 aromatic heterocycles. The highest BCUT2D eigenvalue weighted by atomic mass is 19.1. The standard InChI is InChI=1S/C15H13FN2O3/c1-10(15(19)11-2-4-12(16)5-3-11)17-13-6-8-14(9-7-13)18(20)21/h2-10,17H,1H3. The summed E-state index contributed by atoms with van der Waals surface area (Å²) in [7, 11) is 0. The van der Waals surface area contributed by atoms with Crippen molar-refractivity contribution in [3.05, 3.63) is 70.0 Å². The van der Waals surface area contributed by atoms with E-state index >= 15 is 0 Å². The van der Waals surface area contributed by atoms with Gasteiger partial charge in [0.2, 0.25) is 0 Å². The van der Waals surface area contributed by atoms with Crippen LogP contribution in [0, 0.1) is 15.9 Å². The topological polar surface area (TPSA) is 72.2 Å². The number of hydrogen-bond donors (Lipinski definition) is 1. The number of carbonyl (C=O) groups excluding carboxylic acids is 1. The number of rotatable bonds is 5. The molecule has 0 aliphatic carbocycles. The lowest BCUT2D eigenvalue weighted by atomic mass is 10.1. The number of non-ortho nitro benzene ring substituents is 1. The van der Waals surface area contributed by atoms with Gasteiger partial charge in [0, 0.05) is 23.4 Å². The van der Waals surface area contributed by atoms with Gasteiger partial charge in [-0.05, 0) is 43.3 Å². The number of ketones is 1. The Morgan fingerprint density at radius 1 is 1.14 bits per heavy atom. The molecule has 108 valence electrons. The van der Waals surface area contributed by atoms with Crippen LogP contribution < -0.4 is 5.32 Å². The summed E-state index contributed by atoms with van der Waals surface area (Å²) in [6.45, 7) is 1.67. The first kappa shape index (κ1) is 14.6. The van der Waals surface area contributed by atoms with Crippen LogP contribution in [0.5, 0.6) is 0 Å². The molecule has 2 rings (SSSR count). The Bertz CT molecular complexity index is 654. The summed E-state index contributed by atoms with van der Waals surface area (Å²) in [5.41, 5.74) is 0.986. The molecule has 5 nitrogen and oxygen atoms in total. The fourth-order valence-corrected chi connectivity index (χ4v) is 1.86. The minimum absolute atomic E-state index is 0.0157. The third-order valence-electron chi connectivity index (χ3n) is 2.98. The molecule has 2 aromatic rings. The van der Waals surface area contributed by atoms with Crippen LogP contribution >= 0.6 is 0 Å². The molecule has 0 aliphatic rings. The van der Waals surface area contributed by atoms with Crippen LogP contribution in [0.3, 0.4) is 0 Å². The number of halogens is 1. The molecule has 0 spiro atoms. The molecule has 0 aliphatic heterocycles. The van der Waals surface area contributed by atoms with E-state index < -0.39 is 16.8 Å². The van der Waals surface area contributed by atoms with Crippen LogP contribution in [0.2, 0.25) is 0 Å². The second-order valence-electron chi connectivity index (χ2n) is 4.54. The maximum Gasteiger partial charge on any atom is 0.269 e. The molecule has 0 radical (unpaired) electrons. The molecule has 21 heavy (non-hydrogen) atoms. The number of Topliss-reactive ketones (excluding diaryl/α,β-unsaturated/α-hetero) is 1. The van der Waals surface area contributed by atoms with Crippen molar-refractivity contribution >= 4 is 17.2 Å². The van der Waals surface area contributed by atoms with Gasteiger partial charge in [0.25, 0.3) is 5.69 Å². The van der Waals surface area contributed by atoms with Gasteiger partial charge in [-0.2, -0.15) is 0 Å². The van der Waals surface area contributed by atoms with Crippen molar-refractivity contribution in [2.45, 2.75) is 13.0 Å². The third kappa shape index (κ3) is 3.62. The van der Waals surface area contributed by atoms with Gasteiger partial charge in [0.05, 0.1) is 11.0 Å². The lowest BCUT2D eigenvalue weighted by Gasteiger charge is -2.14. The molecule has 0 amide bonds. The van der Waals surface area contributed by atoms with Gasteiger partial charge in [0.15, 0.2) is 5.78 Å². The van der Waals surface area contributed by atoms with Gasteiger partial charge in [-0.25, -0.2) is 4.39 Å². The monoisotopic (exact) mass is 288 g/mol. The van der Waals surface area contributed by atoms with E-state index in [-0.39, 0.29) is 11.5 Å². The summed E-state index contributed by atoms with van der Waals surface area (Å²) >= 11 is 0. The highest BCUT2D eigenvalue weighted by molar-refractivity contribution is 6.01. The third-order valence-corrected chi connectivity index (χ3v) is 2.98. The van der Waals surface area contributed by atoms with E-state index in [0.717, 1.165) is 0 Å². The molecule has 0 heterocycles. The number of hydrogen-bond acceptors (Lipinski definition) is 4. The van der Waals surface area contributed by atoms with E-state index in [1.54, 1.807) is 6.92 Å². The second-order valence-corrected chi connectivity index (χ2v) is 4.54. The minimum atomic E-state index is -0.531. The Morgan fingerprint density at radius 2 is 1.71 bits per heavy atom. The van der Waals surface area contributed by atoms with Crippen LogP contribution in [-0.4, -0.2) is 16.7 Å². The van der Waals surface area contributed by atoms with Crippen LogP contribution in [-0.2, 0) is 0 Å². The fourth-order valence-electron chi connectivity index (χ4n) is 1.86. The van der Waals surface area contributed by atoms with Gasteiger partial charge >= 0.3 is 0 Å². The molecular formula is C15H13FN2O3. The first-order valence-corrected chi connectivity index (χ1v) is 6.28. The van der Waals surface area contributed by atoms with Crippen molar-refractivity contribution in [1.82, 2.24) is 0 Å². The van der Waals surface area contributed by atoms with E-state index in [1.165, 1.54) is 48.5 Å². The molecule has 1 N–H and O–H groups in total. The number of nitrogens with zero attached hydrogens (tertiary/aromatic N) is 1. The van der Waals surface area contributed by atoms with Gasteiger partial charge < -0.3 is 5.32 Å². The normalized spacial score (nSPS) is 11.7. The van der Waals surface area contributed by atoms with Crippen molar-refractivity contribution in [1.29, 1.82) is 0 Å². The van der Waals surface area contributed by atoms with E-state index in [1.807, 2.05) is 0 Å². The van der Waals surface area contributed by atoms with Crippen molar-refractivity contribution in [3.8, 4) is 0 Å². The maximum atomic E-state index is 12.8. The van der Waals surface area contributed by atoms with E-state index in [2.05, 4.69) is 5.32 Å². The zero-order chi connectivity index (χ0) is 15.4. The Balaban J connectivity index is 2.06. The van der Waals surface area contributed by atoms with Gasteiger partial charge in [-0.15, -0.1) is 0 Å². The largest absolute Gasteiger partial charge is 0.375 e. The molecule has 0 saturated carbocycles. The van der Waals surface area contributed by atoms with Crippen molar-refractivity contribution in [2.24, 2.45) is 0 Å². The summed E-state index contributed by atoms with van der Waals surface area (Å²) in [6.07, 6.45) is 0. The van der Waals surface area contributed by atoms with Crippen LogP contribution in [0.15, 0.2) is 48.5 Å². The summed E-state index contributed by atoms with van der Waals surface area (Å²) in [6, 6.07) is 10.6. The summed E-state index contributed by atoms with van der Waals surface area (Å²) in [5.74, 6) is -0.587. The Hall–Kier alpha value is -2.76. The lowest BCUT2D eigenvalue weighted by Crippen LogP contribution is -2.26. The zero-order valence-corrected chi connectivity index (χ0v) is 11.2. The van der Waals surface area contributed by atoms with Crippen LogP contribution in [0.4, 0.5) is 15.8 Å². The molecule has 0 saturated heterocycles. The summed E-state index contributed by atoms with van der Waals surface area (Å²) < 4.78 is 12.8. The fraction of sp³-hybridized carbons (Fsp3) is 0.133. The van der Waals surface area contributed by atoms with Crippen molar-refractivity contribution in [3.63, 3.8) is 0 Å². The van der Waals surface area contributed by atoms with Crippen LogP contribution in [0.25, 0.3) is 0 Å². The predicted molar refractivity (Wildman–Crippen MR) is 76.9 cm³/mol. The van der Waals surface area contributed by atoms with E-state index in [4.69, 9.17) is 0 Å². The van der Waals surface area contributed by atoms with Gasteiger partial charge in [-0.1, -0.05) is 0 Å². The Kier molecular flexibility index (Phi) is 4.27. The lowest BCUT2D eigenvalue weighted by molar-refractivity contribution is -0.384. The van der Waals surface area contributed by atoms with Gasteiger partial charge in [0.1, 0.15) is 5.82 Å². The van der Waals surface area contributed by atoms with Gasteiger partial charge in [-0.3, -0.25) is 14.9 Å². The maximum absolute atomic E-state index is 12.8. The average molecular weight is 288 g/mol. The number of anilines is 1. The Labute approximate surface area is 120 Å². The number of nitro benzene ring substituents is 1. The van der Waals surface area contributed by atoms with E-state index in [9.17, 15) is 19.3 Å². The smallest absolute Gasteiger partial charge is 0.269 e. The zero-order valence-electron chi connectivity index (χ0n) is 11.2. The molecule has 0 fully saturated rings. The van der Waals surface area contributed by atoms with Crippen molar-refractivity contribution in [2.75, 3.05) is 5.32 Å². The highest BCUT2D eigenvalue weighted by Gasteiger charge is 2.15. The molecular weight excluding hydrogens is 275 g/mol. The second kappa shape index (κ2) is 6.13. The number of nitrogens with one attached hydrogen (secondary N) is 1. The quantitative estimate of drug-likeness (QED) is 0.520. The first-order valence-electron chi connectivity index (χ1n) is 6.28. The molecule has 0 bridgehead atoms. The average Bonchev–Trinajstić information content (AvgIpc) is 2.47. The summed E-state index contributed by atoms with van der Waals surface area (Å²) in [5, 5.41) is 13.5. The minimum Gasteiger partial charge on any atom is -0.375 e. The van der Waals surface area contributed by atoms with Crippen LogP contribution in [0.1, 0.15) is 17.3 Å². The molecule has 1 unspecified atom stereocenters. The molecule has 6 heteroatoms. The SMILES string of the molecule is CC(Nc1ccc([N+](=O)[O-])cc1)C(=O)c1ccc(F)cc1. The summed E-state index contributed by atoms with van der Waals surface area (Å²) in [4.78, 5) is 22.2. The molecule has 1 atom stereocenters. The Morgan fingerprint density at radius 3 is 2.24 bits per heavy atom. The predicted octanol–water partition coefficient (Wildman–Crippen LogP) is 3.42.